The van der Waals surface area contributed by atoms with E-state index in [1.807, 2.05) is 0 Å². The largest absolute Gasteiger partial charge is 0.384 e. The summed E-state index contributed by atoms with van der Waals surface area (Å²) in [5, 5.41) is 0. The van der Waals surface area contributed by atoms with Crippen LogP contribution in [-0.2, 0) is 9.47 Å². The Morgan fingerprint density at radius 1 is 1.14 bits per heavy atom. The van der Waals surface area contributed by atoms with Crippen molar-refractivity contribution in [1.29, 1.82) is 0 Å². The fourth-order valence-electron chi connectivity index (χ4n) is 1.68. The van der Waals surface area contributed by atoms with Gasteiger partial charge in [0.2, 0.25) is 0 Å². The lowest BCUT2D eigenvalue weighted by Crippen LogP contribution is -2.28. The van der Waals surface area contributed by atoms with Gasteiger partial charge in [0.15, 0.2) is 0 Å². The molecule has 0 saturated heterocycles. The molecule has 0 aromatic carbocycles. The van der Waals surface area contributed by atoms with Gasteiger partial charge in [-0.1, -0.05) is 33.6 Å². The average molecular weight is 202 g/mol. The Bertz CT molecular complexity index is 128. The standard InChI is InChI=1S/C12H26O2/c1-6-11(2)7-8-12(3,9-13-4)10-14-5/h11H,6-10H2,1-5H3. The van der Waals surface area contributed by atoms with Crippen molar-refractivity contribution in [3.63, 3.8) is 0 Å². The first kappa shape index (κ1) is 13.9. The van der Waals surface area contributed by atoms with Gasteiger partial charge in [-0.3, -0.25) is 0 Å². The molecule has 2 nitrogen and oxygen atoms in total. The molecule has 0 N–H and O–H groups in total. The van der Waals surface area contributed by atoms with Gasteiger partial charge in [-0.15, -0.1) is 0 Å². The van der Waals surface area contributed by atoms with Gasteiger partial charge in [0.25, 0.3) is 0 Å². The zero-order valence-electron chi connectivity index (χ0n) is 10.4. The second-order valence-electron chi connectivity index (χ2n) is 4.73. The minimum atomic E-state index is 0.187. The van der Waals surface area contributed by atoms with Crippen molar-refractivity contribution >= 4 is 0 Å². The molecule has 0 aliphatic rings. The Morgan fingerprint density at radius 2 is 1.64 bits per heavy atom. The van der Waals surface area contributed by atoms with E-state index >= 15 is 0 Å². The molecule has 0 aromatic heterocycles. The molecule has 0 fully saturated rings. The van der Waals surface area contributed by atoms with Crippen LogP contribution in [0.15, 0.2) is 0 Å². The molecule has 0 bridgehead atoms. The number of hydrogen-bond donors (Lipinski definition) is 0. The summed E-state index contributed by atoms with van der Waals surface area (Å²) in [4.78, 5) is 0. The smallest absolute Gasteiger partial charge is 0.0538 e. The summed E-state index contributed by atoms with van der Waals surface area (Å²) in [6.07, 6.45) is 3.71. The van der Waals surface area contributed by atoms with Crippen molar-refractivity contribution in [2.75, 3.05) is 27.4 Å². The second kappa shape index (κ2) is 7.24. The van der Waals surface area contributed by atoms with Gasteiger partial charge < -0.3 is 9.47 Å². The van der Waals surface area contributed by atoms with E-state index in [9.17, 15) is 0 Å². The molecule has 0 aliphatic heterocycles. The summed E-state index contributed by atoms with van der Waals surface area (Å²) in [6.45, 7) is 8.37. The summed E-state index contributed by atoms with van der Waals surface area (Å²) >= 11 is 0. The van der Waals surface area contributed by atoms with Crippen molar-refractivity contribution in [1.82, 2.24) is 0 Å². The summed E-state index contributed by atoms with van der Waals surface area (Å²) in [5.41, 5.74) is 0.187. The SMILES string of the molecule is CCC(C)CCC(C)(COC)COC. The highest BCUT2D eigenvalue weighted by Gasteiger charge is 2.24. The fourth-order valence-corrected chi connectivity index (χ4v) is 1.68. The van der Waals surface area contributed by atoms with E-state index in [0.717, 1.165) is 19.1 Å². The van der Waals surface area contributed by atoms with E-state index in [2.05, 4.69) is 20.8 Å². The molecule has 0 heterocycles. The van der Waals surface area contributed by atoms with Crippen LogP contribution in [0.1, 0.15) is 40.0 Å². The highest BCUT2D eigenvalue weighted by molar-refractivity contribution is 4.74. The Labute approximate surface area is 89.0 Å². The van der Waals surface area contributed by atoms with E-state index in [-0.39, 0.29) is 5.41 Å². The Hall–Kier alpha value is -0.0800. The lowest BCUT2D eigenvalue weighted by Gasteiger charge is -2.29. The Morgan fingerprint density at radius 3 is 2.00 bits per heavy atom. The van der Waals surface area contributed by atoms with Crippen LogP contribution in [0.3, 0.4) is 0 Å². The molecule has 0 aliphatic carbocycles. The van der Waals surface area contributed by atoms with Gasteiger partial charge in [0.05, 0.1) is 13.2 Å². The van der Waals surface area contributed by atoms with Crippen LogP contribution in [0.5, 0.6) is 0 Å². The number of hydrogen-bond acceptors (Lipinski definition) is 2. The molecule has 1 unspecified atom stereocenters. The number of methoxy groups -OCH3 is 2. The quantitative estimate of drug-likeness (QED) is 0.602. The lowest BCUT2D eigenvalue weighted by atomic mass is 9.84. The third kappa shape index (κ3) is 5.61. The third-order valence-electron chi connectivity index (χ3n) is 2.92. The van der Waals surface area contributed by atoms with Crippen LogP contribution in [0.2, 0.25) is 0 Å². The molecule has 0 amide bonds. The van der Waals surface area contributed by atoms with Crippen molar-refractivity contribution in [2.45, 2.75) is 40.0 Å². The highest BCUT2D eigenvalue weighted by atomic mass is 16.5. The molecular weight excluding hydrogens is 176 g/mol. The molecule has 0 aromatic rings. The van der Waals surface area contributed by atoms with Crippen LogP contribution in [0.4, 0.5) is 0 Å². The van der Waals surface area contributed by atoms with Crippen LogP contribution in [0, 0.1) is 11.3 Å². The number of rotatable bonds is 8. The first-order valence-electron chi connectivity index (χ1n) is 5.56. The van der Waals surface area contributed by atoms with E-state index in [0.29, 0.717) is 0 Å². The van der Waals surface area contributed by atoms with E-state index < -0.39 is 0 Å². The summed E-state index contributed by atoms with van der Waals surface area (Å²) in [5.74, 6) is 0.808. The normalized spacial score (nSPS) is 14.4. The van der Waals surface area contributed by atoms with Gasteiger partial charge in [-0.2, -0.15) is 0 Å². The maximum atomic E-state index is 5.25. The molecular formula is C12H26O2. The molecule has 1 atom stereocenters. The third-order valence-corrected chi connectivity index (χ3v) is 2.92. The summed E-state index contributed by atoms with van der Waals surface area (Å²) in [6, 6.07) is 0. The molecule has 0 rings (SSSR count). The van der Waals surface area contributed by atoms with Crippen molar-refractivity contribution in [3.8, 4) is 0 Å². The van der Waals surface area contributed by atoms with Crippen molar-refractivity contribution in [3.05, 3.63) is 0 Å². The molecule has 0 spiro atoms. The van der Waals surface area contributed by atoms with E-state index in [1.165, 1.54) is 19.3 Å². The monoisotopic (exact) mass is 202 g/mol. The lowest BCUT2D eigenvalue weighted by molar-refractivity contribution is 0.0132. The van der Waals surface area contributed by atoms with Gasteiger partial charge in [0, 0.05) is 19.6 Å². The van der Waals surface area contributed by atoms with Gasteiger partial charge >= 0.3 is 0 Å². The molecule has 86 valence electrons. The van der Waals surface area contributed by atoms with Crippen LogP contribution in [0.25, 0.3) is 0 Å². The average Bonchev–Trinajstić information content (AvgIpc) is 2.15. The van der Waals surface area contributed by atoms with Gasteiger partial charge in [-0.05, 0) is 12.3 Å². The topological polar surface area (TPSA) is 18.5 Å². The molecule has 2 heteroatoms. The first-order chi connectivity index (χ1) is 6.58. The van der Waals surface area contributed by atoms with E-state index in [4.69, 9.17) is 9.47 Å². The summed E-state index contributed by atoms with van der Waals surface area (Å²) < 4.78 is 10.5. The van der Waals surface area contributed by atoms with Crippen LogP contribution in [-0.4, -0.2) is 27.4 Å². The molecule has 0 saturated carbocycles. The summed E-state index contributed by atoms with van der Waals surface area (Å²) in [7, 11) is 3.52. The predicted molar refractivity (Wildman–Crippen MR) is 60.5 cm³/mol. The Kier molecular flexibility index (Phi) is 7.20. The Balaban J connectivity index is 3.94. The van der Waals surface area contributed by atoms with Gasteiger partial charge in [0.1, 0.15) is 0 Å². The van der Waals surface area contributed by atoms with Crippen LogP contribution < -0.4 is 0 Å². The molecule has 14 heavy (non-hydrogen) atoms. The maximum Gasteiger partial charge on any atom is 0.0538 e. The van der Waals surface area contributed by atoms with Crippen molar-refractivity contribution < 1.29 is 9.47 Å². The van der Waals surface area contributed by atoms with E-state index in [1.54, 1.807) is 14.2 Å². The van der Waals surface area contributed by atoms with Gasteiger partial charge in [-0.25, -0.2) is 0 Å². The van der Waals surface area contributed by atoms with Crippen LogP contribution >= 0.6 is 0 Å². The zero-order valence-corrected chi connectivity index (χ0v) is 10.4. The fraction of sp³-hybridized carbons (Fsp3) is 1.00. The maximum absolute atomic E-state index is 5.25. The highest BCUT2D eigenvalue weighted by Crippen LogP contribution is 2.27. The second-order valence-corrected chi connectivity index (χ2v) is 4.73. The predicted octanol–water partition coefficient (Wildman–Crippen LogP) is 3.11. The van der Waals surface area contributed by atoms with Crippen molar-refractivity contribution in [2.24, 2.45) is 11.3 Å². The molecule has 0 radical (unpaired) electrons. The minimum absolute atomic E-state index is 0.187. The number of ether oxygens (including phenoxy) is 2. The zero-order chi connectivity index (χ0) is 11.0. The minimum Gasteiger partial charge on any atom is -0.384 e. The first-order valence-corrected chi connectivity index (χ1v) is 5.56.